The number of amides is 1. The van der Waals surface area contributed by atoms with Crippen molar-refractivity contribution in [3.8, 4) is 0 Å². The molecule has 0 saturated heterocycles. The second kappa shape index (κ2) is 6.18. The van der Waals surface area contributed by atoms with Gasteiger partial charge in [0.15, 0.2) is 0 Å². The van der Waals surface area contributed by atoms with Gasteiger partial charge in [-0.05, 0) is 24.5 Å². The van der Waals surface area contributed by atoms with E-state index in [0.717, 1.165) is 6.42 Å². The third kappa shape index (κ3) is 3.22. The maximum absolute atomic E-state index is 11.8. The Bertz CT molecular complexity index is 493. The Kier molecular flexibility index (Phi) is 4.34. The van der Waals surface area contributed by atoms with Crippen molar-refractivity contribution in [1.29, 1.82) is 0 Å². The first kappa shape index (κ1) is 13.3. The predicted octanol–water partition coefficient (Wildman–Crippen LogP) is 1.87. The van der Waals surface area contributed by atoms with Gasteiger partial charge in [-0.3, -0.25) is 4.79 Å². The minimum Gasteiger partial charge on any atom is -0.459 e. The number of benzene rings is 1. The number of esters is 1. The quantitative estimate of drug-likeness (QED) is 0.601. The summed E-state index contributed by atoms with van der Waals surface area (Å²) in [7, 11) is 0. The van der Waals surface area contributed by atoms with Crippen molar-refractivity contribution >= 4 is 17.4 Å². The van der Waals surface area contributed by atoms with Gasteiger partial charge in [0.1, 0.15) is 0 Å². The first-order chi connectivity index (χ1) is 9.22. The normalized spacial score (nSPS) is 14.8. The van der Waals surface area contributed by atoms with Crippen LogP contribution in [-0.4, -0.2) is 36.5 Å². The first-order valence-electron chi connectivity index (χ1n) is 6.43. The summed E-state index contributed by atoms with van der Waals surface area (Å²) in [6, 6.07) is 10.1. The lowest BCUT2D eigenvalue weighted by Gasteiger charge is -2.25. The van der Waals surface area contributed by atoms with Crippen molar-refractivity contribution < 1.29 is 14.3 Å². The van der Waals surface area contributed by atoms with Crippen LogP contribution in [0, 0.1) is 0 Å². The summed E-state index contributed by atoms with van der Waals surface area (Å²) < 4.78 is 4.72. The number of rotatable bonds is 2. The molecular formula is C15H17NO3. The summed E-state index contributed by atoms with van der Waals surface area (Å²) >= 11 is 0. The highest BCUT2D eigenvalue weighted by molar-refractivity contribution is 6.32. The molecule has 1 heterocycles. The molecule has 1 aromatic rings. The van der Waals surface area contributed by atoms with Crippen molar-refractivity contribution in [2.75, 3.05) is 19.7 Å². The molecular weight excluding hydrogens is 242 g/mol. The van der Waals surface area contributed by atoms with Gasteiger partial charge in [0.05, 0.1) is 6.61 Å². The second-order valence-corrected chi connectivity index (χ2v) is 4.32. The molecule has 2 rings (SSSR count). The standard InChI is InChI=1S/C15H17NO3/c1-2-19-15(18)14(17)16-10-8-13(9-11-16)12-6-4-3-5-7-12/h3-8H,2,9-11H2,1H3. The number of carbonyl (C=O) groups excluding carboxylic acids is 2. The van der Waals surface area contributed by atoms with Gasteiger partial charge >= 0.3 is 11.9 Å². The summed E-state index contributed by atoms with van der Waals surface area (Å²) in [6.45, 7) is 2.93. The van der Waals surface area contributed by atoms with Crippen LogP contribution < -0.4 is 0 Å². The number of hydrogen-bond donors (Lipinski definition) is 0. The molecule has 0 atom stereocenters. The maximum Gasteiger partial charge on any atom is 0.397 e. The molecule has 0 unspecified atom stereocenters. The number of ether oxygens (including phenoxy) is 1. The Hall–Kier alpha value is -2.10. The summed E-state index contributed by atoms with van der Waals surface area (Å²) in [6.07, 6.45) is 2.76. The van der Waals surface area contributed by atoms with E-state index in [2.05, 4.69) is 12.1 Å². The molecule has 0 aromatic heterocycles. The van der Waals surface area contributed by atoms with Crippen molar-refractivity contribution in [3.05, 3.63) is 42.0 Å². The minimum atomic E-state index is -0.765. The molecule has 0 saturated carbocycles. The molecule has 100 valence electrons. The molecule has 1 amide bonds. The molecule has 4 nitrogen and oxygen atoms in total. The Morgan fingerprint density at radius 2 is 2.00 bits per heavy atom. The smallest absolute Gasteiger partial charge is 0.397 e. The monoisotopic (exact) mass is 259 g/mol. The fourth-order valence-electron chi connectivity index (χ4n) is 2.09. The highest BCUT2D eigenvalue weighted by Gasteiger charge is 2.24. The van der Waals surface area contributed by atoms with E-state index < -0.39 is 11.9 Å². The molecule has 1 aliphatic rings. The predicted molar refractivity (Wildman–Crippen MR) is 72.2 cm³/mol. The fourth-order valence-corrected chi connectivity index (χ4v) is 2.09. The molecule has 0 spiro atoms. The Balaban J connectivity index is 2.00. The van der Waals surface area contributed by atoms with Gasteiger partial charge in [-0.15, -0.1) is 0 Å². The molecule has 0 fully saturated rings. The van der Waals surface area contributed by atoms with Crippen molar-refractivity contribution in [3.63, 3.8) is 0 Å². The summed E-state index contributed by atoms with van der Waals surface area (Å²) in [4.78, 5) is 24.6. The Labute approximate surface area is 112 Å². The van der Waals surface area contributed by atoms with Gasteiger partial charge in [-0.1, -0.05) is 36.4 Å². The highest BCUT2D eigenvalue weighted by atomic mass is 16.5. The average molecular weight is 259 g/mol. The molecule has 0 N–H and O–H groups in total. The van der Waals surface area contributed by atoms with E-state index in [4.69, 9.17) is 4.74 Å². The van der Waals surface area contributed by atoms with Gasteiger partial charge in [-0.25, -0.2) is 4.79 Å². The molecule has 1 aliphatic heterocycles. The summed E-state index contributed by atoms with van der Waals surface area (Å²) in [5.74, 6) is -1.32. The van der Waals surface area contributed by atoms with Crippen LogP contribution in [0.25, 0.3) is 5.57 Å². The van der Waals surface area contributed by atoms with E-state index in [9.17, 15) is 9.59 Å². The van der Waals surface area contributed by atoms with E-state index in [1.807, 2.05) is 24.3 Å². The van der Waals surface area contributed by atoms with Crippen LogP contribution >= 0.6 is 0 Å². The van der Waals surface area contributed by atoms with Crippen LogP contribution in [0.2, 0.25) is 0 Å². The molecule has 19 heavy (non-hydrogen) atoms. The van der Waals surface area contributed by atoms with Crippen LogP contribution in [0.1, 0.15) is 18.9 Å². The van der Waals surface area contributed by atoms with E-state index in [1.54, 1.807) is 6.92 Å². The van der Waals surface area contributed by atoms with Gasteiger partial charge in [0.2, 0.25) is 0 Å². The lowest BCUT2D eigenvalue weighted by Crippen LogP contribution is -2.40. The Morgan fingerprint density at radius 1 is 1.26 bits per heavy atom. The zero-order chi connectivity index (χ0) is 13.7. The molecule has 0 aliphatic carbocycles. The van der Waals surface area contributed by atoms with E-state index in [0.29, 0.717) is 13.1 Å². The van der Waals surface area contributed by atoms with Gasteiger partial charge in [0, 0.05) is 13.1 Å². The lowest BCUT2D eigenvalue weighted by molar-refractivity contribution is -0.159. The number of carbonyl (C=O) groups is 2. The van der Waals surface area contributed by atoms with Crippen LogP contribution in [0.5, 0.6) is 0 Å². The topological polar surface area (TPSA) is 46.6 Å². The lowest BCUT2D eigenvalue weighted by atomic mass is 9.99. The third-order valence-corrected chi connectivity index (χ3v) is 3.09. The Morgan fingerprint density at radius 3 is 2.58 bits per heavy atom. The van der Waals surface area contributed by atoms with Crippen LogP contribution in [0.3, 0.4) is 0 Å². The molecule has 0 bridgehead atoms. The van der Waals surface area contributed by atoms with Crippen LogP contribution in [0.15, 0.2) is 36.4 Å². The third-order valence-electron chi connectivity index (χ3n) is 3.09. The van der Waals surface area contributed by atoms with Crippen LogP contribution in [0.4, 0.5) is 0 Å². The largest absolute Gasteiger partial charge is 0.459 e. The summed E-state index contributed by atoms with van der Waals surface area (Å²) in [5, 5.41) is 0. The average Bonchev–Trinajstić information content (AvgIpc) is 2.48. The number of hydrogen-bond acceptors (Lipinski definition) is 3. The zero-order valence-electron chi connectivity index (χ0n) is 11.0. The van der Waals surface area contributed by atoms with Crippen molar-refractivity contribution in [2.24, 2.45) is 0 Å². The fraction of sp³-hybridized carbons (Fsp3) is 0.333. The summed E-state index contributed by atoms with van der Waals surface area (Å²) in [5.41, 5.74) is 2.39. The van der Waals surface area contributed by atoms with E-state index in [1.165, 1.54) is 16.0 Å². The molecule has 0 radical (unpaired) electrons. The van der Waals surface area contributed by atoms with Crippen LogP contribution in [-0.2, 0) is 14.3 Å². The first-order valence-corrected chi connectivity index (χ1v) is 6.43. The van der Waals surface area contributed by atoms with Gasteiger partial charge in [0.25, 0.3) is 0 Å². The molecule has 1 aromatic carbocycles. The van der Waals surface area contributed by atoms with E-state index >= 15 is 0 Å². The molecule has 4 heteroatoms. The van der Waals surface area contributed by atoms with Crippen molar-refractivity contribution in [1.82, 2.24) is 4.90 Å². The maximum atomic E-state index is 11.8. The highest BCUT2D eigenvalue weighted by Crippen LogP contribution is 2.21. The van der Waals surface area contributed by atoms with Gasteiger partial charge < -0.3 is 9.64 Å². The second-order valence-electron chi connectivity index (χ2n) is 4.32. The SMILES string of the molecule is CCOC(=O)C(=O)N1CC=C(c2ccccc2)CC1. The minimum absolute atomic E-state index is 0.226. The van der Waals surface area contributed by atoms with Crippen molar-refractivity contribution in [2.45, 2.75) is 13.3 Å². The zero-order valence-corrected chi connectivity index (χ0v) is 11.0. The number of nitrogens with zero attached hydrogens (tertiary/aromatic N) is 1. The van der Waals surface area contributed by atoms with Gasteiger partial charge in [-0.2, -0.15) is 0 Å². The van der Waals surface area contributed by atoms with E-state index in [-0.39, 0.29) is 6.61 Å².